The Balaban J connectivity index is 1.89. The first-order valence-electron chi connectivity index (χ1n) is 10.3. The molecule has 4 rings (SSSR count). The van der Waals surface area contributed by atoms with Crippen molar-refractivity contribution < 1.29 is 14.3 Å². The summed E-state index contributed by atoms with van der Waals surface area (Å²) in [7, 11) is 0. The number of pyridine rings is 1. The minimum atomic E-state index is -0.429. The van der Waals surface area contributed by atoms with Crippen molar-refractivity contribution in [3.63, 3.8) is 0 Å². The van der Waals surface area contributed by atoms with Gasteiger partial charge in [0.15, 0.2) is 0 Å². The molecule has 0 atom stereocenters. The molecule has 0 aromatic carbocycles. The number of hydrogen-bond donors (Lipinski definition) is 1. The lowest BCUT2D eigenvalue weighted by Gasteiger charge is -2.41. The summed E-state index contributed by atoms with van der Waals surface area (Å²) >= 11 is 0. The van der Waals surface area contributed by atoms with Crippen LogP contribution in [0.5, 0.6) is 0 Å². The zero-order valence-electron chi connectivity index (χ0n) is 17.8. The van der Waals surface area contributed by atoms with Gasteiger partial charge in [0.25, 0.3) is 0 Å². The van der Waals surface area contributed by atoms with E-state index >= 15 is 0 Å². The molecule has 0 unspecified atom stereocenters. The summed E-state index contributed by atoms with van der Waals surface area (Å²) in [6.07, 6.45) is 6.02. The van der Waals surface area contributed by atoms with Crippen molar-refractivity contribution in [2.75, 3.05) is 6.54 Å². The molecule has 1 aliphatic heterocycles. The first-order valence-corrected chi connectivity index (χ1v) is 10.3. The van der Waals surface area contributed by atoms with Gasteiger partial charge in [0, 0.05) is 35.2 Å². The van der Waals surface area contributed by atoms with Crippen LogP contribution in [0.2, 0.25) is 0 Å². The maximum atomic E-state index is 13.4. The van der Waals surface area contributed by atoms with Crippen LogP contribution in [0.3, 0.4) is 0 Å². The van der Waals surface area contributed by atoms with Crippen molar-refractivity contribution in [1.29, 1.82) is 0 Å². The predicted molar refractivity (Wildman–Crippen MR) is 112 cm³/mol. The standard InChI is InChI=1S/C23H29N3O3/c1-14(2)29-20(27)16-12-26(21(28)23(5)9-7-10-23)13-22(3,4)17-15-8-6-11-24-19(15)25-18(16)17/h6,8,11-12,14H,7,9-10,13H2,1-5H3,(H,24,25). The van der Waals surface area contributed by atoms with E-state index in [0.717, 1.165) is 35.9 Å². The number of carbonyl (C=O) groups is 2. The zero-order chi connectivity index (χ0) is 21.0. The van der Waals surface area contributed by atoms with Gasteiger partial charge in [-0.2, -0.15) is 0 Å². The molecule has 1 N–H and O–H groups in total. The number of amides is 1. The number of nitrogens with one attached hydrogen (secondary N) is 1. The number of aromatic amines is 1. The molecule has 3 heterocycles. The van der Waals surface area contributed by atoms with Crippen LogP contribution >= 0.6 is 0 Å². The molecule has 0 spiro atoms. The smallest absolute Gasteiger partial charge is 0.342 e. The van der Waals surface area contributed by atoms with Crippen LogP contribution in [0, 0.1) is 5.41 Å². The molecule has 2 aromatic rings. The monoisotopic (exact) mass is 395 g/mol. The molecular formula is C23H29N3O3. The van der Waals surface area contributed by atoms with Crippen molar-refractivity contribution in [2.45, 2.75) is 65.4 Å². The molecule has 1 aliphatic carbocycles. The molecule has 154 valence electrons. The van der Waals surface area contributed by atoms with E-state index in [1.54, 1.807) is 17.3 Å². The summed E-state index contributed by atoms with van der Waals surface area (Å²) in [4.78, 5) is 35.9. The van der Waals surface area contributed by atoms with Crippen LogP contribution in [0.25, 0.3) is 16.6 Å². The van der Waals surface area contributed by atoms with Gasteiger partial charge in [-0.3, -0.25) is 4.79 Å². The number of fused-ring (bicyclic) bond motifs is 3. The molecule has 1 amide bonds. The lowest BCUT2D eigenvalue weighted by Crippen LogP contribution is -2.47. The maximum absolute atomic E-state index is 13.4. The quantitative estimate of drug-likeness (QED) is 0.792. The molecule has 0 saturated heterocycles. The summed E-state index contributed by atoms with van der Waals surface area (Å²) in [6.45, 7) is 10.4. The Morgan fingerprint density at radius 1 is 1.24 bits per heavy atom. The highest BCUT2D eigenvalue weighted by atomic mass is 16.5. The van der Waals surface area contributed by atoms with Crippen LogP contribution < -0.4 is 0 Å². The van der Waals surface area contributed by atoms with E-state index in [1.165, 1.54) is 0 Å². The van der Waals surface area contributed by atoms with E-state index in [-0.39, 0.29) is 22.8 Å². The van der Waals surface area contributed by atoms with Gasteiger partial charge in [0.05, 0.1) is 17.4 Å². The second kappa shape index (κ2) is 6.71. The van der Waals surface area contributed by atoms with E-state index in [0.29, 0.717) is 17.8 Å². The summed E-state index contributed by atoms with van der Waals surface area (Å²) < 4.78 is 5.53. The molecule has 1 fully saturated rings. The number of ether oxygens (including phenoxy) is 1. The molecule has 1 saturated carbocycles. The Morgan fingerprint density at radius 3 is 2.59 bits per heavy atom. The Kier molecular flexibility index (Phi) is 4.56. The molecule has 0 bridgehead atoms. The van der Waals surface area contributed by atoms with Crippen LogP contribution in [-0.4, -0.2) is 39.4 Å². The average Bonchev–Trinajstić information content (AvgIpc) is 2.96. The third-order valence-electron chi connectivity index (χ3n) is 6.16. The third-order valence-corrected chi connectivity index (χ3v) is 6.16. The van der Waals surface area contributed by atoms with E-state index in [2.05, 4.69) is 23.8 Å². The Hall–Kier alpha value is -2.63. The number of aromatic nitrogens is 2. The van der Waals surface area contributed by atoms with Gasteiger partial charge in [0.2, 0.25) is 5.91 Å². The SMILES string of the molecule is CC(C)OC(=O)C1=CN(C(=O)C2(C)CCC2)CC(C)(C)c2c1[nH]c1ncccc21. The highest BCUT2D eigenvalue weighted by molar-refractivity contribution is 6.18. The first-order chi connectivity index (χ1) is 13.6. The van der Waals surface area contributed by atoms with Crippen LogP contribution in [-0.2, 0) is 19.7 Å². The Labute approximate surface area is 171 Å². The van der Waals surface area contributed by atoms with E-state index < -0.39 is 5.97 Å². The fourth-order valence-electron chi connectivity index (χ4n) is 4.53. The number of hydrogen-bond acceptors (Lipinski definition) is 4. The van der Waals surface area contributed by atoms with Gasteiger partial charge >= 0.3 is 5.97 Å². The molecule has 29 heavy (non-hydrogen) atoms. The lowest BCUT2D eigenvalue weighted by atomic mass is 9.69. The number of esters is 1. The Bertz CT molecular complexity index is 1010. The van der Waals surface area contributed by atoms with E-state index in [1.807, 2.05) is 32.9 Å². The fraction of sp³-hybridized carbons (Fsp3) is 0.522. The third kappa shape index (κ3) is 3.24. The number of H-pyrrole nitrogens is 1. The minimum absolute atomic E-state index is 0.0826. The van der Waals surface area contributed by atoms with E-state index in [9.17, 15) is 9.59 Å². The number of nitrogens with zero attached hydrogens (tertiary/aromatic N) is 2. The van der Waals surface area contributed by atoms with Gasteiger partial charge in [-0.15, -0.1) is 0 Å². The van der Waals surface area contributed by atoms with Crippen molar-refractivity contribution in [3.05, 3.63) is 35.8 Å². The minimum Gasteiger partial charge on any atom is -0.459 e. The second-order valence-electron chi connectivity index (χ2n) is 9.50. The van der Waals surface area contributed by atoms with Crippen LogP contribution in [0.1, 0.15) is 65.1 Å². The maximum Gasteiger partial charge on any atom is 0.342 e. The molecule has 2 aliphatic rings. The number of carbonyl (C=O) groups excluding carboxylic acids is 2. The highest BCUT2D eigenvalue weighted by Gasteiger charge is 2.45. The summed E-state index contributed by atoms with van der Waals surface area (Å²) in [5, 5.41) is 0.972. The largest absolute Gasteiger partial charge is 0.459 e. The molecule has 6 nitrogen and oxygen atoms in total. The first kappa shape index (κ1) is 19.7. The average molecular weight is 396 g/mol. The molecular weight excluding hydrogens is 366 g/mol. The molecule has 2 aromatic heterocycles. The zero-order valence-corrected chi connectivity index (χ0v) is 17.8. The van der Waals surface area contributed by atoms with Gasteiger partial charge < -0.3 is 14.6 Å². The number of rotatable bonds is 3. The summed E-state index contributed by atoms with van der Waals surface area (Å²) in [5.41, 5.74) is 2.10. The van der Waals surface area contributed by atoms with Gasteiger partial charge in [0.1, 0.15) is 5.65 Å². The van der Waals surface area contributed by atoms with Crippen molar-refractivity contribution >= 4 is 28.5 Å². The van der Waals surface area contributed by atoms with Crippen molar-refractivity contribution in [1.82, 2.24) is 14.9 Å². The lowest BCUT2D eigenvalue weighted by molar-refractivity contribution is -0.143. The van der Waals surface area contributed by atoms with Gasteiger partial charge in [-0.1, -0.05) is 27.2 Å². The van der Waals surface area contributed by atoms with Gasteiger partial charge in [-0.25, -0.2) is 9.78 Å². The second-order valence-corrected chi connectivity index (χ2v) is 9.50. The highest BCUT2D eigenvalue weighted by Crippen LogP contribution is 2.45. The fourth-order valence-corrected chi connectivity index (χ4v) is 4.53. The van der Waals surface area contributed by atoms with Crippen molar-refractivity contribution in [3.8, 4) is 0 Å². The van der Waals surface area contributed by atoms with Crippen molar-refractivity contribution in [2.24, 2.45) is 5.41 Å². The van der Waals surface area contributed by atoms with E-state index in [4.69, 9.17) is 4.74 Å². The molecule has 6 heteroatoms. The van der Waals surface area contributed by atoms with Crippen LogP contribution in [0.4, 0.5) is 0 Å². The predicted octanol–water partition coefficient (Wildman–Crippen LogP) is 4.17. The van der Waals surface area contributed by atoms with Crippen LogP contribution in [0.15, 0.2) is 24.5 Å². The topological polar surface area (TPSA) is 75.3 Å². The summed E-state index contributed by atoms with van der Waals surface area (Å²) in [5.74, 6) is -0.346. The summed E-state index contributed by atoms with van der Waals surface area (Å²) in [6, 6.07) is 3.90. The molecule has 0 radical (unpaired) electrons. The van der Waals surface area contributed by atoms with Gasteiger partial charge in [-0.05, 0) is 44.4 Å². The normalized spacial score (nSPS) is 19.9. The Morgan fingerprint density at radius 2 is 1.97 bits per heavy atom.